The molecule has 0 saturated heterocycles. The lowest BCUT2D eigenvalue weighted by Gasteiger charge is -2.07. The van der Waals surface area contributed by atoms with Crippen molar-refractivity contribution in [3.63, 3.8) is 0 Å². The highest BCUT2D eigenvalue weighted by molar-refractivity contribution is 7.98. The molecular formula is C12H18S. The molecular weight excluding hydrogens is 176 g/mol. The van der Waals surface area contributed by atoms with Gasteiger partial charge in [0, 0.05) is 5.75 Å². The number of hydrogen-bond acceptors (Lipinski definition) is 1. The van der Waals surface area contributed by atoms with E-state index in [0.29, 0.717) is 5.92 Å². The van der Waals surface area contributed by atoms with E-state index in [-0.39, 0.29) is 0 Å². The third-order valence-electron chi connectivity index (χ3n) is 2.09. The molecule has 13 heavy (non-hydrogen) atoms. The van der Waals surface area contributed by atoms with E-state index in [1.54, 1.807) is 0 Å². The molecule has 0 aliphatic heterocycles. The maximum Gasteiger partial charge on any atom is 0.0184 e. The van der Waals surface area contributed by atoms with Gasteiger partial charge in [0.05, 0.1) is 0 Å². The molecule has 0 saturated carbocycles. The van der Waals surface area contributed by atoms with Gasteiger partial charge in [-0.2, -0.15) is 11.8 Å². The van der Waals surface area contributed by atoms with Crippen LogP contribution in [0.15, 0.2) is 24.3 Å². The second-order valence-corrected chi connectivity index (χ2v) is 4.81. The minimum atomic E-state index is 0.645. The van der Waals surface area contributed by atoms with Gasteiger partial charge in [-0.1, -0.05) is 45.0 Å². The Labute approximate surface area is 85.7 Å². The minimum absolute atomic E-state index is 0.645. The number of hydrogen-bond donors (Lipinski definition) is 0. The predicted molar refractivity (Wildman–Crippen MR) is 62.4 cm³/mol. The van der Waals surface area contributed by atoms with Crippen LogP contribution in [0, 0.1) is 0 Å². The third kappa shape index (κ3) is 3.43. The molecule has 1 aromatic carbocycles. The zero-order valence-electron chi connectivity index (χ0n) is 8.71. The SMILES string of the molecule is CCSCc1cccc(C(C)C)c1. The van der Waals surface area contributed by atoms with E-state index in [0.717, 1.165) is 5.75 Å². The molecule has 0 aliphatic rings. The molecule has 0 N–H and O–H groups in total. The molecule has 0 aromatic heterocycles. The van der Waals surface area contributed by atoms with E-state index in [1.807, 2.05) is 11.8 Å². The van der Waals surface area contributed by atoms with Crippen LogP contribution in [0.1, 0.15) is 37.8 Å². The Hall–Kier alpha value is -0.430. The van der Waals surface area contributed by atoms with Crippen molar-refractivity contribution < 1.29 is 0 Å². The molecule has 1 heteroatoms. The third-order valence-corrected chi connectivity index (χ3v) is 3.04. The molecule has 0 bridgehead atoms. The summed E-state index contributed by atoms with van der Waals surface area (Å²) in [5.74, 6) is 3.00. The second kappa shape index (κ2) is 5.33. The van der Waals surface area contributed by atoms with Crippen molar-refractivity contribution in [3.05, 3.63) is 35.4 Å². The summed E-state index contributed by atoms with van der Waals surface area (Å²) in [6.45, 7) is 6.69. The minimum Gasteiger partial charge on any atom is -0.157 e. The highest BCUT2D eigenvalue weighted by atomic mass is 32.2. The fourth-order valence-electron chi connectivity index (χ4n) is 1.26. The Kier molecular flexibility index (Phi) is 4.37. The summed E-state index contributed by atoms with van der Waals surface area (Å²) >= 11 is 1.98. The standard InChI is InChI=1S/C12H18S/c1-4-13-9-11-6-5-7-12(8-11)10(2)3/h5-8,10H,4,9H2,1-3H3. The molecule has 0 spiro atoms. The van der Waals surface area contributed by atoms with Gasteiger partial charge in [0.1, 0.15) is 0 Å². The van der Waals surface area contributed by atoms with Gasteiger partial charge in [-0.15, -0.1) is 0 Å². The van der Waals surface area contributed by atoms with Crippen LogP contribution in [-0.4, -0.2) is 5.75 Å². The van der Waals surface area contributed by atoms with Gasteiger partial charge in [0.2, 0.25) is 0 Å². The van der Waals surface area contributed by atoms with E-state index in [9.17, 15) is 0 Å². The van der Waals surface area contributed by atoms with Gasteiger partial charge in [0.25, 0.3) is 0 Å². The zero-order chi connectivity index (χ0) is 9.68. The Morgan fingerprint density at radius 2 is 2.08 bits per heavy atom. The van der Waals surface area contributed by atoms with E-state index in [4.69, 9.17) is 0 Å². The van der Waals surface area contributed by atoms with E-state index < -0.39 is 0 Å². The lowest BCUT2D eigenvalue weighted by Crippen LogP contribution is -1.89. The first-order valence-electron chi connectivity index (χ1n) is 4.90. The lowest BCUT2D eigenvalue weighted by molar-refractivity contribution is 0.864. The molecule has 0 nitrogen and oxygen atoms in total. The smallest absolute Gasteiger partial charge is 0.0184 e. The topological polar surface area (TPSA) is 0 Å². The van der Waals surface area contributed by atoms with Gasteiger partial charge in [-0.25, -0.2) is 0 Å². The molecule has 0 unspecified atom stereocenters. The molecule has 0 atom stereocenters. The number of thioether (sulfide) groups is 1. The summed E-state index contributed by atoms with van der Waals surface area (Å²) in [4.78, 5) is 0. The van der Waals surface area contributed by atoms with Crippen LogP contribution in [0.5, 0.6) is 0 Å². The first-order valence-corrected chi connectivity index (χ1v) is 6.06. The monoisotopic (exact) mass is 194 g/mol. The molecule has 0 aliphatic carbocycles. The summed E-state index contributed by atoms with van der Waals surface area (Å²) in [6.07, 6.45) is 0. The van der Waals surface area contributed by atoms with E-state index >= 15 is 0 Å². The van der Waals surface area contributed by atoms with Crippen LogP contribution in [0.4, 0.5) is 0 Å². The Bertz CT molecular complexity index is 253. The van der Waals surface area contributed by atoms with Crippen molar-refractivity contribution in [1.29, 1.82) is 0 Å². The predicted octanol–water partition coefficient (Wildman–Crippen LogP) is 4.06. The van der Waals surface area contributed by atoms with Crippen molar-refractivity contribution in [2.75, 3.05) is 5.75 Å². The quantitative estimate of drug-likeness (QED) is 0.696. The number of benzene rings is 1. The summed E-state index contributed by atoms with van der Waals surface area (Å²) < 4.78 is 0. The maximum absolute atomic E-state index is 2.33. The Morgan fingerprint density at radius 3 is 2.69 bits per heavy atom. The van der Waals surface area contributed by atoms with E-state index in [1.165, 1.54) is 16.9 Å². The summed E-state index contributed by atoms with van der Waals surface area (Å²) in [5.41, 5.74) is 2.91. The van der Waals surface area contributed by atoms with Gasteiger partial charge >= 0.3 is 0 Å². The van der Waals surface area contributed by atoms with Crippen LogP contribution >= 0.6 is 11.8 Å². The van der Waals surface area contributed by atoms with Crippen molar-refractivity contribution in [2.24, 2.45) is 0 Å². The van der Waals surface area contributed by atoms with E-state index in [2.05, 4.69) is 45.0 Å². The highest BCUT2D eigenvalue weighted by Gasteiger charge is 1.99. The summed E-state index contributed by atoms with van der Waals surface area (Å²) in [5, 5.41) is 0. The summed E-state index contributed by atoms with van der Waals surface area (Å²) in [6, 6.07) is 8.92. The normalized spacial score (nSPS) is 10.8. The Morgan fingerprint density at radius 1 is 1.31 bits per heavy atom. The average Bonchev–Trinajstić information content (AvgIpc) is 2.15. The maximum atomic E-state index is 2.33. The first kappa shape index (κ1) is 10.6. The van der Waals surface area contributed by atoms with Gasteiger partial charge in [-0.3, -0.25) is 0 Å². The fourth-order valence-corrected chi connectivity index (χ4v) is 1.88. The molecule has 1 aromatic rings. The molecule has 0 heterocycles. The van der Waals surface area contributed by atoms with Crippen LogP contribution < -0.4 is 0 Å². The molecule has 1 rings (SSSR count). The average molecular weight is 194 g/mol. The summed E-state index contributed by atoms with van der Waals surface area (Å²) in [7, 11) is 0. The van der Waals surface area contributed by atoms with Crippen molar-refractivity contribution in [2.45, 2.75) is 32.4 Å². The largest absolute Gasteiger partial charge is 0.157 e. The molecule has 0 fully saturated rings. The Balaban J connectivity index is 2.68. The van der Waals surface area contributed by atoms with Gasteiger partial charge in [-0.05, 0) is 22.8 Å². The van der Waals surface area contributed by atoms with Crippen LogP contribution in [-0.2, 0) is 5.75 Å². The first-order chi connectivity index (χ1) is 6.24. The van der Waals surface area contributed by atoms with Crippen molar-refractivity contribution in [1.82, 2.24) is 0 Å². The van der Waals surface area contributed by atoms with Crippen LogP contribution in [0.2, 0.25) is 0 Å². The van der Waals surface area contributed by atoms with Gasteiger partial charge in [0.15, 0.2) is 0 Å². The van der Waals surface area contributed by atoms with Crippen molar-refractivity contribution in [3.8, 4) is 0 Å². The fraction of sp³-hybridized carbons (Fsp3) is 0.500. The highest BCUT2D eigenvalue weighted by Crippen LogP contribution is 2.18. The zero-order valence-corrected chi connectivity index (χ0v) is 9.53. The van der Waals surface area contributed by atoms with Gasteiger partial charge < -0.3 is 0 Å². The lowest BCUT2D eigenvalue weighted by atomic mass is 10.0. The molecule has 0 radical (unpaired) electrons. The molecule has 72 valence electrons. The van der Waals surface area contributed by atoms with Crippen LogP contribution in [0.25, 0.3) is 0 Å². The number of rotatable bonds is 4. The van der Waals surface area contributed by atoms with Crippen molar-refractivity contribution >= 4 is 11.8 Å². The van der Waals surface area contributed by atoms with Crippen LogP contribution in [0.3, 0.4) is 0 Å². The molecule has 0 amide bonds. The second-order valence-electron chi connectivity index (χ2n) is 3.54.